The summed E-state index contributed by atoms with van der Waals surface area (Å²) in [4.78, 5) is 13.3. The highest BCUT2D eigenvalue weighted by atomic mass is 16.5. The van der Waals surface area contributed by atoms with Crippen molar-refractivity contribution in [2.45, 2.75) is 25.3 Å². The second-order valence-corrected chi connectivity index (χ2v) is 3.73. The topological polar surface area (TPSA) is 41.6 Å². The Kier molecular flexibility index (Phi) is 4.99. The number of unbranched alkanes of at least 4 members (excludes halogenated alkanes) is 1. The van der Waals surface area contributed by atoms with E-state index in [1.165, 1.54) is 7.11 Å². The summed E-state index contributed by atoms with van der Waals surface area (Å²) in [7, 11) is 1.38. The van der Waals surface area contributed by atoms with Crippen LogP contribution in [0.1, 0.15) is 19.3 Å². The van der Waals surface area contributed by atoms with E-state index < -0.39 is 0 Å². The molecular formula is C11H18N2O2. The first kappa shape index (κ1) is 11.9. The van der Waals surface area contributed by atoms with Crippen molar-refractivity contribution in [1.29, 1.82) is 0 Å². The molecule has 4 nitrogen and oxygen atoms in total. The third kappa shape index (κ3) is 4.22. The van der Waals surface area contributed by atoms with Crippen LogP contribution in [0.25, 0.3) is 0 Å². The van der Waals surface area contributed by atoms with Gasteiger partial charge in [0.1, 0.15) is 0 Å². The summed E-state index contributed by atoms with van der Waals surface area (Å²) < 4.78 is 4.55. The zero-order valence-electron chi connectivity index (χ0n) is 9.16. The van der Waals surface area contributed by atoms with E-state index >= 15 is 0 Å². The number of alkyl carbamates (subject to hydrolysis) is 1. The van der Waals surface area contributed by atoms with Crippen molar-refractivity contribution in [3.63, 3.8) is 0 Å². The van der Waals surface area contributed by atoms with Gasteiger partial charge in [0.2, 0.25) is 0 Å². The molecule has 1 fully saturated rings. The fourth-order valence-corrected chi connectivity index (χ4v) is 1.78. The molecule has 1 aliphatic heterocycles. The first-order valence-electron chi connectivity index (χ1n) is 5.26. The number of amides is 1. The van der Waals surface area contributed by atoms with E-state index in [4.69, 9.17) is 6.42 Å². The fraction of sp³-hybridized carbons (Fsp3) is 0.727. The van der Waals surface area contributed by atoms with E-state index in [9.17, 15) is 4.79 Å². The lowest BCUT2D eigenvalue weighted by Gasteiger charge is -2.15. The Balaban J connectivity index is 2.15. The number of nitrogens with one attached hydrogen (secondary N) is 1. The van der Waals surface area contributed by atoms with Crippen LogP contribution < -0.4 is 5.32 Å². The maximum Gasteiger partial charge on any atom is 0.407 e. The molecule has 4 heteroatoms. The maximum atomic E-state index is 11.0. The van der Waals surface area contributed by atoms with Gasteiger partial charge < -0.3 is 15.0 Å². The van der Waals surface area contributed by atoms with Gasteiger partial charge in [-0.1, -0.05) is 0 Å². The number of rotatable bonds is 4. The molecule has 0 aliphatic carbocycles. The van der Waals surface area contributed by atoms with Crippen LogP contribution in [0.2, 0.25) is 0 Å². The lowest BCUT2D eigenvalue weighted by Crippen LogP contribution is -2.37. The summed E-state index contributed by atoms with van der Waals surface area (Å²) in [5, 5.41) is 2.81. The summed E-state index contributed by atoms with van der Waals surface area (Å²) >= 11 is 0. The Morgan fingerprint density at radius 2 is 2.53 bits per heavy atom. The lowest BCUT2D eigenvalue weighted by molar-refractivity contribution is 0.166. The van der Waals surface area contributed by atoms with E-state index in [0.717, 1.165) is 38.9 Å². The number of methoxy groups -OCH3 is 1. The van der Waals surface area contributed by atoms with Crippen LogP contribution in [0.15, 0.2) is 0 Å². The van der Waals surface area contributed by atoms with Crippen molar-refractivity contribution in [2.24, 2.45) is 0 Å². The SMILES string of the molecule is C#CCCCN1CCC(NC(=O)OC)C1. The van der Waals surface area contributed by atoms with Crippen LogP contribution >= 0.6 is 0 Å². The van der Waals surface area contributed by atoms with Gasteiger partial charge in [-0.2, -0.15) is 0 Å². The molecule has 84 valence electrons. The zero-order chi connectivity index (χ0) is 11.1. The summed E-state index contributed by atoms with van der Waals surface area (Å²) in [5.41, 5.74) is 0. The summed E-state index contributed by atoms with van der Waals surface area (Å²) in [6.07, 6.45) is 7.69. The standard InChI is InChI=1S/C11H18N2O2/c1-3-4-5-7-13-8-6-10(9-13)12-11(14)15-2/h1,10H,4-9H2,2H3,(H,12,14). The van der Waals surface area contributed by atoms with E-state index in [1.54, 1.807) is 0 Å². The van der Waals surface area contributed by atoms with Crippen LogP contribution in [0.4, 0.5) is 4.79 Å². The molecule has 0 aromatic rings. The summed E-state index contributed by atoms with van der Waals surface area (Å²) in [6.45, 7) is 2.95. The van der Waals surface area contributed by atoms with Crippen molar-refractivity contribution < 1.29 is 9.53 Å². The van der Waals surface area contributed by atoms with Gasteiger partial charge in [-0.25, -0.2) is 4.79 Å². The molecule has 1 N–H and O–H groups in total. The molecule has 0 radical (unpaired) electrons. The molecule has 1 atom stereocenters. The molecular weight excluding hydrogens is 192 g/mol. The minimum atomic E-state index is -0.342. The number of hydrogen-bond donors (Lipinski definition) is 1. The second-order valence-electron chi connectivity index (χ2n) is 3.73. The van der Waals surface area contributed by atoms with Gasteiger partial charge in [0, 0.05) is 25.6 Å². The molecule has 1 aliphatic rings. The number of carbonyl (C=O) groups excluding carboxylic acids is 1. The summed E-state index contributed by atoms with van der Waals surface area (Å²) in [6, 6.07) is 0.225. The average molecular weight is 210 g/mol. The second kappa shape index (κ2) is 6.31. The normalized spacial score (nSPS) is 20.9. The number of hydrogen-bond acceptors (Lipinski definition) is 3. The highest BCUT2D eigenvalue weighted by Gasteiger charge is 2.23. The molecule has 1 unspecified atom stereocenters. The van der Waals surface area contributed by atoms with Crippen LogP contribution in [-0.4, -0.2) is 43.8 Å². The van der Waals surface area contributed by atoms with E-state index in [2.05, 4.69) is 20.9 Å². The molecule has 0 aromatic heterocycles. The quantitative estimate of drug-likeness (QED) is 0.552. The van der Waals surface area contributed by atoms with Crippen LogP contribution in [0.3, 0.4) is 0 Å². The van der Waals surface area contributed by atoms with Crippen molar-refractivity contribution in [3.8, 4) is 12.3 Å². The molecule has 0 saturated carbocycles. The van der Waals surface area contributed by atoms with Gasteiger partial charge in [0.15, 0.2) is 0 Å². The van der Waals surface area contributed by atoms with Crippen molar-refractivity contribution in [2.75, 3.05) is 26.7 Å². The smallest absolute Gasteiger partial charge is 0.407 e. The minimum Gasteiger partial charge on any atom is -0.453 e. The Bertz CT molecular complexity index is 247. The zero-order valence-corrected chi connectivity index (χ0v) is 9.16. The lowest BCUT2D eigenvalue weighted by atomic mass is 10.3. The number of ether oxygens (including phenoxy) is 1. The predicted molar refractivity (Wildman–Crippen MR) is 58.5 cm³/mol. The highest BCUT2D eigenvalue weighted by Crippen LogP contribution is 2.09. The van der Waals surface area contributed by atoms with E-state index in [-0.39, 0.29) is 12.1 Å². The number of terminal acetylenes is 1. The maximum absolute atomic E-state index is 11.0. The first-order chi connectivity index (χ1) is 7.26. The molecule has 1 amide bonds. The minimum absolute atomic E-state index is 0.225. The third-order valence-electron chi connectivity index (χ3n) is 2.58. The van der Waals surface area contributed by atoms with Crippen molar-refractivity contribution in [1.82, 2.24) is 10.2 Å². The molecule has 0 spiro atoms. The molecule has 0 bridgehead atoms. The van der Waals surface area contributed by atoms with E-state index in [1.807, 2.05) is 0 Å². The van der Waals surface area contributed by atoms with Crippen molar-refractivity contribution in [3.05, 3.63) is 0 Å². The number of nitrogens with zero attached hydrogens (tertiary/aromatic N) is 1. The highest BCUT2D eigenvalue weighted by molar-refractivity contribution is 5.67. The van der Waals surface area contributed by atoms with Gasteiger partial charge in [0.25, 0.3) is 0 Å². The Labute approximate surface area is 91.0 Å². The molecule has 15 heavy (non-hydrogen) atoms. The number of likely N-dealkylation sites (tertiary alicyclic amines) is 1. The van der Waals surface area contributed by atoms with Crippen LogP contribution in [-0.2, 0) is 4.74 Å². The average Bonchev–Trinajstić information content (AvgIpc) is 2.66. The van der Waals surface area contributed by atoms with Crippen LogP contribution in [0.5, 0.6) is 0 Å². The molecule has 1 saturated heterocycles. The Morgan fingerprint density at radius 3 is 3.20 bits per heavy atom. The Hall–Kier alpha value is -1.21. The fourth-order valence-electron chi connectivity index (χ4n) is 1.78. The molecule has 1 heterocycles. The van der Waals surface area contributed by atoms with Gasteiger partial charge in [-0.15, -0.1) is 12.3 Å². The predicted octanol–water partition coefficient (Wildman–Crippen LogP) is 0.830. The Morgan fingerprint density at radius 1 is 1.73 bits per heavy atom. The van der Waals surface area contributed by atoms with Gasteiger partial charge >= 0.3 is 6.09 Å². The van der Waals surface area contributed by atoms with Crippen molar-refractivity contribution >= 4 is 6.09 Å². The van der Waals surface area contributed by atoms with Gasteiger partial charge in [-0.05, 0) is 19.4 Å². The van der Waals surface area contributed by atoms with Gasteiger partial charge in [-0.3, -0.25) is 0 Å². The largest absolute Gasteiger partial charge is 0.453 e. The van der Waals surface area contributed by atoms with Gasteiger partial charge in [0.05, 0.1) is 7.11 Å². The molecule has 1 rings (SSSR count). The number of carbonyl (C=O) groups is 1. The molecule has 0 aromatic carbocycles. The first-order valence-corrected chi connectivity index (χ1v) is 5.26. The monoisotopic (exact) mass is 210 g/mol. The van der Waals surface area contributed by atoms with Crippen LogP contribution in [0, 0.1) is 12.3 Å². The summed E-state index contributed by atoms with van der Waals surface area (Å²) in [5.74, 6) is 2.63. The third-order valence-corrected chi connectivity index (χ3v) is 2.58. The van der Waals surface area contributed by atoms with E-state index in [0.29, 0.717) is 0 Å².